The lowest BCUT2D eigenvalue weighted by Crippen LogP contribution is -2.31. The van der Waals surface area contributed by atoms with Crippen molar-refractivity contribution < 1.29 is 19.1 Å². The highest BCUT2D eigenvalue weighted by Crippen LogP contribution is 2.44. The fraction of sp³-hybridized carbons (Fsp3) is 0.154. The number of anilines is 1. The van der Waals surface area contributed by atoms with Crippen LogP contribution in [0.1, 0.15) is 34.6 Å². The normalized spacial score (nSPS) is 16.4. The molecule has 1 aliphatic rings. The van der Waals surface area contributed by atoms with Gasteiger partial charge in [0.05, 0.1) is 17.9 Å². The Balaban J connectivity index is 1.73. The molecule has 0 saturated heterocycles. The zero-order valence-electron chi connectivity index (χ0n) is 17.8. The predicted octanol–water partition coefficient (Wildman–Crippen LogP) is 5.12. The number of ketones is 1. The van der Waals surface area contributed by atoms with E-state index in [4.69, 9.17) is 4.42 Å². The summed E-state index contributed by atoms with van der Waals surface area (Å²) in [7, 11) is 1.92. The molecule has 5 rings (SSSR count). The minimum atomic E-state index is -0.793. The third-order valence-electron chi connectivity index (χ3n) is 6.04. The van der Waals surface area contributed by atoms with Crippen molar-refractivity contribution in [2.75, 3.05) is 4.90 Å². The number of aryl methyl sites for hydroxylation is 2. The SMILES string of the molecule is CCc1ccc(N2C(=O)C(O)=C(C(=O)c3ccco3)C2c2cn(C)c3ccccc23)cc1. The van der Waals surface area contributed by atoms with Crippen LogP contribution < -0.4 is 4.90 Å². The van der Waals surface area contributed by atoms with Gasteiger partial charge in [-0.3, -0.25) is 14.5 Å². The molecule has 0 fully saturated rings. The van der Waals surface area contributed by atoms with Gasteiger partial charge in [-0.1, -0.05) is 37.3 Å². The fourth-order valence-electron chi connectivity index (χ4n) is 4.42. The third kappa shape index (κ3) is 2.95. The van der Waals surface area contributed by atoms with Crippen molar-refractivity contribution in [2.45, 2.75) is 19.4 Å². The molecule has 1 aliphatic heterocycles. The summed E-state index contributed by atoms with van der Waals surface area (Å²) in [6.45, 7) is 2.06. The monoisotopic (exact) mass is 426 g/mol. The van der Waals surface area contributed by atoms with Crippen molar-refractivity contribution in [3.63, 3.8) is 0 Å². The standard InChI is InChI=1S/C26H22N2O4/c1-3-16-10-12-17(13-11-16)28-23(19-15-27(2)20-8-5-4-7-18(19)20)22(25(30)26(28)31)24(29)21-9-6-14-32-21/h4-15,23,30H,3H2,1-2H3. The zero-order valence-corrected chi connectivity index (χ0v) is 17.8. The predicted molar refractivity (Wildman–Crippen MR) is 122 cm³/mol. The molecule has 0 radical (unpaired) electrons. The largest absolute Gasteiger partial charge is 0.503 e. The fourth-order valence-corrected chi connectivity index (χ4v) is 4.42. The van der Waals surface area contributed by atoms with Gasteiger partial charge in [-0.15, -0.1) is 0 Å². The minimum absolute atomic E-state index is 0.0147. The number of rotatable bonds is 5. The second-order valence-electron chi connectivity index (χ2n) is 7.88. The molecule has 1 unspecified atom stereocenters. The molecule has 3 heterocycles. The first-order chi connectivity index (χ1) is 15.5. The van der Waals surface area contributed by atoms with Crippen molar-refractivity contribution in [3.05, 3.63) is 101 Å². The molecule has 4 aromatic rings. The zero-order chi connectivity index (χ0) is 22.4. The number of furan rings is 1. The molecule has 1 atom stereocenters. The molecule has 0 saturated carbocycles. The summed E-state index contributed by atoms with van der Waals surface area (Å²) in [5, 5.41) is 11.8. The number of benzene rings is 2. The topological polar surface area (TPSA) is 75.7 Å². The van der Waals surface area contributed by atoms with Crippen molar-refractivity contribution >= 4 is 28.3 Å². The van der Waals surface area contributed by atoms with Gasteiger partial charge in [-0.05, 0) is 42.3 Å². The molecule has 0 spiro atoms. The number of Topliss-reactive ketones (excluding diaryl/α,β-unsaturated/α-hetero) is 1. The van der Waals surface area contributed by atoms with Crippen molar-refractivity contribution in [1.29, 1.82) is 0 Å². The van der Waals surface area contributed by atoms with Crippen LogP contribution in [0.3, 0.4) is 0 Å². The van der Waals surface area contributed by atoms with Crippen LogP contribution in [-0.2, 0) is 18.3 Å². The van der Waals surface area contributed by atoms with Crippen molar-refractivity contribution in [3.8, 4) is 0 Å². The number of fused-ring (bicyclic) bond motifs is 1. The first-order valence-electron chi connectivity index (χ1n) is 10.5. The lowest BCUT2D eigenvalue weighted by atomic mass is 9.94. The van der Waals surface area contributed by atoms with E-state index in [2.05, 4.69) is 6.92 Å². The maximum absolute atomic E-state index is 13.4. The highest BCUT2D eigenvalue weighted by atomic mass is 16.3. The van der Waals surface area contributed by atoms with Gasteiger partial charge in [-0.2, -0.15) is 0 Å². The summed E-state index contributed by atoms with van der Waals surface area (Å²) < 4.78 is 7.27. The van der Waals surface area contributed by atoms with E-state index in [1.165, 1.54) is 17.2 Å². The van der Waals surface area contributed by atoms with Crippen LogP contribution >= 0.6 is 0 Å². The van der Waals surface area contributed by atoms with Gasteiger partial charge in [0.1, 0.15) is 0 Å². The molecule has 32 heavy (non-hydrogen) atoms. The molecule has 2 aromatic heterocycles. The van der Waals surface area contributed by atoms with Crippen LogP contribution in [0.5, 0.6) is 0 Å². The molecular formula is C26H22N2O4. The molecule has 2 aromatic carbocycles. The molecule has 160 valence electrons. The van der Waals surface area contributed by atoms with Crippen molar-refractivity contribution in [2.24, 2.45) is 7.05 Å². The van der Waals surface area contributed by atoms with Crippen LogP contribution in [0.4, 0.5) is 5.69 Å². The number of nitrogens with zero attached hydrogens (tertiary/aromatic N) is 2. The Hall–Kier alpha value is -4.06. The number of hydrogen-bond donors (Lipinski definition) is 1. The highest BCUT2D eigenvalue weighted by Gasteiger charge is 2.46. The van der Waals surface area contributed by atoms with Crippen LogP contribution in [-0.4, -0.2) is 21.4 Å². The van der Waals surface area contributed by atoms with E-state index in [1.807, 2.05) is 66.3 Å². The van der Waals surface area contributed by atoms with Gasteiger partial charge in [0.2, 0.25) is 5.78 Å². The first kappa shape index (κ1) is 19.9. The van der Waals surface area contributed by atoms with Gasteiger partial charge in [0, 0.05) is 35.4 Å². The summed E-state index contributed by atoms with van der Waals surface area (Å²) in [6.07, 6.45) is 4.17. The highest BCUT2D eigenvalue weighted by molar-refractivity contribution is 6.20. The van der Waals surface area contributed by atoms with Crippen LogP contribution in [0.25, 0.3) is 10.9 Å². The van der Waals surface area contributed by atoms with E-state index in [1.54, 1.807) is 6.07 Å². The number of aliphatic hydroxyl groups is 1. The molecule has 1 N–H and O–H groups in total. The number of para-hydroxylation sites is 1. The van der Waals surface area contributed by atoms with Gasteiger partial charge < -0.3 is 14.1 Å². The van der Waals surface area contributed by atoms with Crippen LogP contribution in [0.2, 0.25) is 0 Å². The van der Waals surface area contributed by atoms with E-state index < -0.39 is 23.5 Å². The summed E-state index contributed by atoms with van der Waals surface area (Å²) in [6, 6.07) is 17.7. The quantitative estimate of drug-likeness (QED) is 0.450. The third-order valence-corrected chi connectivity index (χ3v) is 6.04. The maximum atomic E-state index is 13.4. The summed E-state index contributed by atoms with van der Waals surface area (Å²) in [5.74, 6) is -1.59. The summed E-state index contributed by atoms with van der Waals surface area (Å²) in [5.41, 5.74) is 3.48. The Morgan fingerprint density at radius 2 is 1.81 bits per heavy atom. The average molecular weight is 426 g/mol. The Labute approximate surface area is 185 Å². The smallest absolute Gasteiger partial charge is 0.294 e. The van der Waals surface area contributed by atoms with Crippen LogP contribution in [0.15, 0.2) is 88.9 Å². The Morgan fingerprint density at radius 1 is 1.06 bits per heavy atom. The molecule has 0 bridgehead atoms. The molecule has 6 nitrogen and oxygen atoms in total. The average Bonchev–Trinajstić information content (AvgIpc) is 3.52. The van der Waals surface area contributed by atoms with E-state index in [9.17, 15) is 14.7 Å². The lowest BCUT2D eigenvalue weighted by molar-refractivity contribution is -0.117. The Morgan fingerprint density at radius 3 is 2.50 bits per heavy atom. The van der Waals surface area contributed by atoms with Gasteiger partial charge in [0.15, 0.2) is 11.5 Å². The summed E-state index contributed by atoms with van der Waals surface area (Å²) >= 11 is 0. The second-order valence-corrected chi connectivity index (χ2v) is 7.88. The van der Waals surface area contributed by atoms with E-state index in [0.29, 0.717) is 5.69 Å². The molecular weight excluding hydrogens is 404 g/mol. The first-order valence-corrected chi connectivity index (χ1v) is 10.5. The van der Waals surface area contributed by atoms with Gasteiger partial charge in [0.25, 0.3) is 5.91 Å². The second kappa shape index (κ2) is 7.57. The molecule has 1 amide bonds. The number of amides is 1. The number of aromatic nitrogens is 1. The maximum Gasteiger partial charge on any atom is 0.294 e. The van der Waals surface area contributed by atoms with Crippen LogP contribution in [0, 0.1) is 0 Å². The van der Waals surface area contributed by atoms with E-state index in [-0.39, 0.29) is 11.3 Å². The summed E-state index contributed by atoms with van der Waals surface area (Å²) in [4.78, 5) is 28.2. The number of aliphatic hydroxyl groups excluding tert-OH is 1. The Bertz CT molecular complexity index is 1360. The van der Waals surface area contributed by atoms with Gasteiger partial charge >= 0.3 is 0 Å². The Kier molecular flexibility index (Phi) is 4.70. The van der Waals surface area contributed by atoms with Crippen molar-refractivity contribution in [1.82, 2.24) is 4.57 Å². The number of carbonyl (C=O) groups is 2. The molecule has 6 heteroatoms. The molecule has 0 aliphatic carbocycles. The van der Waals surface area contributed by atoms with E-state index >= 15 is 0 Å². The van der Waals surface area contributed by atoms with Gasteiger partial charge in [-0.25, -0.2) is 0 Å². The van der Waals surface area contributed by atoms with E-state index in [0.717, 1.165) is 28.5 Å². The lowest BCUT2D eigenvalue weighted by Gasteiger charge is -2.26. The number of carbonyl (C=O) groups excluding carboxylic acids is 2. The number of hydrogen-bond acceptors (Lipinski definition) is 4. The minimum Gasteiger partial charge on any atom is -0.503 e.